The number of likely N-dealkylation sites (tertiary alicyclic amines) is 1. The van der Waals surface area contributed by atoms with Gasteiger partial charge in [0.25, 0.3) is 5.91 Å². The average Bonchev–Trinajstić information content (AvgIpc) is 3.14. The van der Waals surface area contributed by atoms with Crippen LogP contribution in [0.2, 0.25) is 0 Å². The van der Waals surface area contributed by atoms with Crippen LogP contribution < -0.4 is 5.32 Å². The van der Waals surface area contributed by atoms with Gasteiger partial charge in [0.1, 0.15) is 0 Å². The van der Waals surface area contributed by atoms with Gasteiger partial charge in [0.2, 0.25) is 5.91 Å². The summed E-state index contributed by atoms with van der Waals surface area (Å²) < 4.78 is 0. The van der Waals surface area contributed by atoms with Gasteiger partial charge >= 0.3 is 0 Å². The van der Waals surface area contributed by atoms with Crippen LogP contribution in [0.15, 0.2) is 23.4 Å². The van der Waals surface area contributed by atoms with E-state index in [2.05, 4.69) is 17.2 Å². The third-order valence-electron chi connectivity index (χ3n) is 4.08. The Hall–Kier alpha value is -1.56. The Bertz CT molecular complexity index is 528. The number of unbranched alkanes of at least 4 members (excludes halogenated alkanes) is 3. The number of hydrogen-bond donors (Lipinski definition) is 1. The molecular weight excluding hydrogens is 322 g/mol. The highest BCUT2D eigenvalue weighted by Gasteiger charge is 2.19. The van der Waals surface area contributed by atoms with Crippen molar-refractivity contribution >= 4 is 23.6 Å². The van der Waals surface area contributed by atoms with Crippen LogP contribution in [0.25, 0.3) is 0 Å². The van der Waals surface area contributed by atoms with Gasteiger partial charge in [0.15, 0.2) is 0 Å². The van der Waals surface area contributed by atoms with Crippen molar-refractivity contribution in [1.29, 1.82) is 0 Å². The molecule has 0 aromatic carbocycles. The van der Waals surface area contributed by atoms with E-state index in [9.17, 15) is 9.59 Å². The molecule has 0 aliphatic carbocycles. The zero-order valence-corrected chi connectivity index (χ0v) is 15.2. The number of pyridine rings is 1. The highest BCUT2D eigenvalue weighted by Crippen LogP contribution is 2.17. The Morgan fingerprint density at radius 3 is 2.67 bits per heavy atom. The molecule has 1 fully saturated rings. The number of nitrogens with one attached hydrogen (secondary N) is 1. The molecule has 6 heteroatoms. The maximum absolute atomic E-state index is 12.2. The smallest absolute Gasteiger partial charge is 0.255 e. The van der Waals surface area contributed by atoms with Gasteiger partial charge in [-0.1, -0.05) is 37.9 Å². The highest BCUT2D eigenvalue weighted by atomic mass is 32.2. The fraction of sp³-hybridized carbons (Fsp3) is 0.611. The van der Waals surface area contributed by atoms with E-state index in [0.717, 1.165) is 50.3 Å². The third-order valence-corrected chi connectivity index (χ3v) is 5.02. The molecule has 2 amide bonds. The number of rotatable bonds is 9. The largest absolute Gasteiger partial charge is 0.355 e. The van der Waals surface area contributed by atoms with Crippen LogP contribution in [0.4, 0.5) is 0 Å². The van der Waals surface area contributed by atoms with Crippen molar-refractivity contribution < 1.29 is 9.59 Å². The van der Waals surface area contributed by atoms with Crippen molar-refractivity contribution in [3.05, 3.63) is 23.9 Å². The van der Waals surface area contributed by atoms with Crippen LogP contribution in [0, 0.1) is 0 Å². The summed E-state index contributed by atoms with van der Waals surface area (Å²) in [5.74, 6) is 0.456. The Kier molecular flexibility index (Phi) is 8.08. The molecule has 2 heterocycles. The SMILES string of the molecule is CCCCCCNC(=O)CSc1ccc(C(=O)N2CCCC2)cn1. The zero-order chi connectivity index (χ0) is 17.2. The molecule has 2 rings (SSSR count). The van der Waals surface area contributed by atoms with E-state index in [-0.39, 0.29) is 11.8 Å². The van der Waals surface area contributed by atoms with Crippen molar-refractivity contribution in [2.24, 2.45) is 0 Å². The van der Waals surface area contributed by atoms with Crippen LogP contribution >= 0.6 is 11.8 Å². The maximum atomic E-state index is 12.2. The number of aromatic nitrogens is 1. The molecule has 5 nitrogen and oxygen atoms in total. The molecule has 1 aliphatic rings. The molecule has 132 valence electrons. The molecule has 0 unspecified atom stereocenters. The van der Waals surface area contributed by atoms with Crippen LogP contribution in [0.5, 0.6) is 0 Å². The second-order valence-corrected chi connectivity index (χ2v) is 7.08. The average molecular weight is 350 g/mol. The molecule has 24 heavy (non-hydrogen) atoms. The molecule has 0 atom stereocenters. The van der Waals surface area contributed by atoms with Gasteiger partial charge in [-0.3, -0.25) is 9.59 Å². The summed E-state index contributed by atoms with van der Waals surface area (Å²) in [6.45, 7) is 4.60. The predicted molar refractivity (Wildman–Crippen MR) is 97.3 cm³/mol. The van der Waals surface area contributed by atoms with E-state index >= 15 is 0 Å². The number of thioether (sulfide) groups is 1. The number of carbonyl (C=O) groups is 2. The lowest BCUT2D eigenvalue weighted by atomic mass is 10.2. The quantitative estimate of drug-likeness (QED) is 0.550. The van der Waals surface area contributed by atoms with E-state index in [4.69, 9.17) is 0 Å². The molecular formula is C18H27N3O2S. The van der Waals surface area contributed by atoms with Crippen molar-refractivity contribution in [2.75, 3.05) is 25.4 Å². The number of carbonyl (C=O) groups excluding carboxylic acids is 2. The molecule has 1 saturated heterocycles. The molecule has 1 aromatic rings. The lowest BCUT2D eigenvalue weighted by molar-refractivity contribution is -0.118. The third kappa shape index (κ3) is 6.15. The van der Waals surface area contributed by atoms with Gasteiger partial charge < -0.3 is 10.2 Å². The maximum Gasteiger partial charge on any atom is 0.255 e. The minimum atomic E-state index is 0.0375. The normalized spacial score (nSPS) is 14.0. The number of nitrogens with zero attached hydrogens (tertiary/aromatic N) is 2. The minimum absolute atomic E-state index is 0.0375. The van der Waals surface area contributed by atoms with Gasteiger partial charge in [-0.2, -0.15) is 0 Å². The molecule has 0 saturated carbocycles. The Labute approximate surface area is 148 Å². The first-order valence-corrected chi connectivity index (χ1v) is 9.84. The van der Waals surface area contributed by atoms with Gasteiger partial charge in [-0.05, 0) is 31.4 Å². The zero-order valence-electron chi connectivity index (χ0n) is 14.4. The van der Waals surface area contributed by atoms with Crippen LogP contribution in [0.1, 0.15) is 55.8 Å². The summed E-state index contributed by atoms with van der Waals surface area (Å²) in [5.41, 5.74) is 0.627. The summed E-state index contributed by atoms with van der Waals surface area (Å²) in [7, 11) is 0. The first-order valence-electron chi connectivity index (χ1n) is 8.85. The highest BCUT2D eigenvalue weighted by molar-refractivity contribution is 7.99. The van der Waals surface area contributed by atoms with Crippen molar-refractivity contribution in [3.63, 3.8) is 0 Å². The van der Waals surface area contributed by atoms with E-state index in [1.807, 2.05) is 11.0 Å². The second kappa shape index (κ2) is 10.3. The molecule has 1 aromatic heterocycles. The summed E-state index contributed by atoms with van der Waals surface area (Å²) in [6.07, 6.45) is 8.41. The molecule has 0 bridgehead atoms. The summed E-state index contributed by atoms with van der Waals surface area (Å²) >= 11 is 1.40. The van der Waals surface area contributed by atoms with Crippen LogP contribution in [0.3, 0.4) is 0 Å². The van der Waals surface area contributed by atoms with E-state index in [1.165, 1.54) is 24.6 Å². The fourth-order valence-corrected chi connectivity index (χ4v) is 3.34. The van der Waals surface area contributed by atoms with Gasteiger partial charge in [0.05, 0.1) is 16.3 Å². The summed E-state index contributed by atoms with van der Waals surface area (Å²) in [6, 6.07) is 3.63. The van der Waals surface area contributed by atoms with Crippen LogP contribution in [-0.2, 0) is 4.79 Å². The van der Waals surface area contributed by atoms with Gasteiger partial charge in [-0.15, -0.1) is 0 Å². The van der Waals surface area contributed by atoms with E-state index in [0.29, 0.717) is 11.3 Å². The lowest BCUT2D eigenvalue weighted by Crippen LogP contribution is -2.27. The lowest BCUT2D eigenvalue weighted by Gasteiger charge is -2.14. The van der Waals surface area contributed by atoms with Crippen LogP contribution in [-0.4, -0.2) is 47.1 Å². The summed E-state index contributed by atoms with van der Waals surface area (Å²) in [4.78, 5) is 30.2. The Morgan fingerprint density at radius 2 is 2.00 bits per heavy atom. The molecule has 1 N–H and O–H groups in total. The molecule has 0 spiro atoms. The second-order valence-electron chi connectivity index (χ2n) is 6.08. The van der Waals surface area contributed by atoms with Crippen molar-refractivity contribution in [2.45, 2.75) is 50.5 Å². The standard InChI is InChI=1S/C18H27N3O2S/c1-2-3-4-5-10-19-16(22)14-24-17-9-8-15(13-20-17)18(23)21-11-6-7-12-21/h8-9,13H,2-7,10-12,14H2,1H3,(H,19,22). The minimum Gasteiger partial charge on any atom is -0.355 e. The summed E-state index contributed by atoms with van der Waals surface area (Å²) in [5, 5.41) is 3.70. The number of hydrogen-bond acceptors (Lipinski definition) is 4. The van der Waals surface area contributed by atoms with Gasteiger partial charge in [0, 0.05) is 25.8 Å². The monoisotopic (exact) mass is 349 g/mol. The topological polar surface area (TPSA) is 62.3 Å². The van der Waals surface area contributed by atoms with Crippen molar-refractivity contribution in [1.82, 2.24) is 15.2 Å². The first-order chi connectivity index (χ1) is 11.7. The predicted octanol–water partition coefficient (Wildman–Crippen LogP) is 3.11. The number of amides is 2. The van der Waals surface area contributed by atoms with Gasteiger partial charge in [-0.25, -0.2) is 4.98 Å². The first kappa shape index (κ1) is 18.8. The fourth-order valence-electron chi connectivity index (χ4n) is 2.67. The Balaban J connectivity index is 1.69. The molecule has 1 aliphatic heterocycles. The molecule has 0 radical (unpaired) electrons. The van der Waals surface area contributed by atoms with Crippen molar-refractivity contribution in [3.8, 4) is 0 Å². The Morgan fingerprint density at radius 1 is 1.21 bits per heavy atom. The van der Waals surface area contributed by atoms with E-state index < -0.39 is 0 Å². The van der Waals surface area contributed by atoms with E-state index in [1.54, 1.807) is 12.3 Å².